The molecule has 0 spiro atoms. The van der Waals surface area contributed by atoms with Gasteiger partial charge in [0.05, 0.1) is 0 Å². The molecule has 0 aliphatic rings. The molecule has 66 valence electrons. The topological polar surface area (TPSA) is 65.8 Å². The van der Waals surface area contributed by atoms with Crippen LogP contribution >= 0.6 is 15.9 Å². The Morgan fingerprint density at radius 3 is 2.54 bits per heavy atom. The van der Waals surface area contributed by atoms with Gasteiger partial charge in [0.25, 0.3) is 0 Å². The van der Waals surface area contributed by atoms with E-state index in [-0.39, 0.29) is 0 Å². The van der Waals surface area contributed by atoms with Crippen LogP contribution in [0.25, 0.3) is 10.4 Å². The van der Waals surface area contributed by atoms with Crippen LogP contribution < -0.4 is 0 Å². The lowest BCUT2D eigenvalue weighted by Gasteiger charge is -2.02. The summed E-state index contributed by atoms with van der Waals surface area (Å²) >= 11 is 3.26. The Hall–Kier alpha value is -1.32. The molecule has 0 aliphatic carbocycles. The van der Waals surface area contributed by atoms with E-state index in [0.717, 1.165) is 4.47 Å². The molecule has 0 aromatic heterocycles. The minimum absolute atomic E-state index is 0.614. The second kappa shape index (κ2) is 4.64. The number of rotatable bonds is 3. The first-order chi connectivity index (χ1) is 6.27. The lowest BCUT2D eigenvalue weighted by Crippen LogP contribution is -1.94. The van der Waals surface area contributed by atoms with Crippen LogP contribution in [0.5, 0.6) is 0 Å². The highest BCUT2D eigenvalue weighted by Crippen LogP contribution is 2.18. The van der Waals surface area contributed by atoms with Crippen LogP contribution in [0, 0.1) is 0 Å². The first-order valence-electron chi connectivity index (χ1n) is 3.53. The molecule has 0 amide bonds. The fraction of sp³-hybridized carbons (Fsp3) is 0.125. The first-order valence-corrected chi connectivity index (χ1v) is 4.32. The normalized spacial score (nSPS) is 11.5. The van der Waals surface area contributed by atoms with Gasteiger partial charge in [-0.1, -0.05) is 33.2 Å². The summed E-state index contributed by atoms with van der Waals surface area (Å²) in [6.45, 7) is 0. The van der Waals surface area contributed by atoms with Crippen LogP contribution in [0.4, 0.5) is 0 Å². The minimum atomic E-state index is -0.724. The zero-order chi connectivity index (χ0) is 9.68. The summed E-state index contributed by atoms with van der Waals surface area (Å²) in [7, 11) is 0. The van der Waals surface area contributed by atoms with Crippen molar-refractivity contribution >= 4 is 22.2 Å². The third-order valence-corrected chi connectivity index (χ3v) is 2.05. The van der Waals surface area contributed by atoms with Gasteiger partial charge >= 0.3 is 0 Å². The van der Waals surface area contributed by atoms with Gasteiger partial charge in [0.15, 0.2) is 0 Å². The van der Waals surface area contributed by atoms with E-state index in [1.807, 2.05) is 0 Å². The third-order valence-electron chi connectivity index (χ3n) is 1.52. The number of carbonyl (C=O) groups is 1. The van der Waals surface area contributed by atoms with E-state index in [0.29, 0.717) is 11.8 Å². The van der Waals surface area contributed by atoms with Crippen LogP contribution in [-0.2, 0) is 4.79 Å². The fourth-order valence-corrected chi connectivity index (χ4v) is 1.15. The molecular weight excluding hydrogens is 234 g/mol. The summed E-state index contributed by atoms with van der Waals surface area (Å²) in [6.07, 6.45) is 0.614. The molecule has 0 N–H and O–H groups in total. The highest BCUT2D eigenvalue weighted by Gasteiger charge is 2.06. The van der Waals surface area contributed by atoms with Crippen molar-refractivity contribution in [3.05, 3.63) is 44.7 Å². The van der Waals surface area contributed by atoms with E-state index in [1.165, 1.54) is 0 Å². The molecule has 13 heavy (non-hydrogen) atoms. The average molecular weight is 240 g/mol. The van der Waals surface area contributed by atoms with Crippen LogP contribution in [0.3, 0.4) is 0 Å². The standard InChI is InChI=1S/C8H6BrN3O/c9-7-3-1-6(2-4-7)8(5-13)11-12-10/h1-5,8H. The average Bonchev–Trinajstić information content (AvgIpc) is 2.16. The van der Waals surface area contributed by atoms with Crippen molar-refractivity contribution in [3.63, 3.8) is 0 Å². The second-order valence-corrected chi connectivity index (χ2v) is 3.25. The summed E-state index contributed by atoms with van der Waals surface area (Å²) in [4.78, 5) is 13.1. The maximum atomic E-state index is 10.5. The molecular formula is C8H6BrN3O. The van der Waals surface area contributed by atoms with Crippen molar-refractivity contribution in [2.75, 3.05) is 0 Å². The summed E-state index contributed by atoms with van der Waals surface area (Å²) in [5.41, 5.74) is 8.86. The Balaban J connectivity index is 2.98. The molecule has 1 atom stereocenters. The maximum Gasteiger partial charge on any atom is 0.133 e. The van der Waals surface area contributed by atoms with Gasteiger partial charge in [0, 0.05) is 9.38 Å². The number of benzene rings is 1. The summed E-state index contributed by atoms with van der Waals surface area (Å²) in [5, 5.41) is 3.34. The van der Waals surface area contributed by atoms with Gasteiger partial charge in [-0.3, -0.25) is 0 Å². The Morgan fingerprint density at radius 2 is 2.08 bits per heavy atom. The van der Waals surface area contributed by atoms with Crippen molar-refractivity contribution in [2.45, 2.75) is 6.04 Å². The number of carbonyl (C=O) groups excluding carboxylic acids is 1. The van der Waals surface area contributed by atoms with Crippen LogP contribution in [0.1, 0.15) is 11.6 Å². The zero-order valence-corrected chi connectivity index (χ0v) is 8.18. The quantitative estimate of drug-likeness (QED) is 0.346. The molecule has 0 aliphatic heterocycles. The van der Waals surface area contributed by atoms with Gasteiger partial charge in [-0.15, -0.1) is 0 Å². The maximum absolute atomic E-state index is 10.5. The fourth-order valence-electron chi connectivity index (χ4n) is 0.888. The predicted molar refractivity (Wildman–Crippen MR) is 52.1 cm³/mol. The van der Waals surface area contributed by atoms with Gasteiger partial charge in [0.2, 0.25) is 0 Å². The van der Waals surface area contributed by atoms with Gasteiger partial charge in [0.1, 0.15) is 12.3 Å². The van der Waals surface area contributed by atoms with E-state index in [9.17, 15) is 4.79 Å². The van der Waals surface area contributed by atoms with E-state index in [2.05, 4.69) is 26.0 Å². The molecule has 1 aromatic carbocycles. The molecule has 0 fully saturated rings. The molecule has 0 radical (unpaired) electrons. The molecule has 1 rings (SSSR count). The Kier molecular flexibility index (Phi) is 3.49. The van der Waals surface area contributed by atoms with Gasteiger partial charge in [-0.05, 0) is 23.2 Å². The van der Waals surface area contributed by atoms with Crippen molar-refractivity contribution in [2.24, 2.45) is 5.11 Å². The van der Waals surface area contributed by atoms with Gasteiger partial charge < -0.3 is 4.79 Å². The van der Waals surface area contributed by atoms with Crippen LogP contribution in [-0.4, -0.2) is 6.29 Å². The monoisotopic (exact) mass is 239 g/mol. The van der Waals surface area contributed by atoms with E-state index >= 15 is 0 Å². The summed E-state index contributed by atoms with van der Waals surface area (Å²) in [6, 6.07) is 6.32. The lowest BCUT2D eigenvalue weighted by molar-refractivity contribution is -0.108. The van der Waals surface area contributed by atoms with Crippen LogP contribution in [0.2, 0.25) is 0 Å². The number of hydrogen-bond acceptors (Lipinski definition) is 2. The number of halogens is 1. The number of aldehydes is 1. The molecule has 1 unspecified atom stereocenters. The Labute approximate surface area is 83.3 Å². The predicted octanol–water partition coefficient (Wildman–Crippen LogP) is 3.00. The smallest absolute Gasteiger partial charge is 0.133 e. The van der Waals surface area contributed by atoms with E-state index < -0.39 is 6.04 Å². The zero-order valence-electron chi connectivity index (χ0n) is 6.59. The molecule has 0 heterocycles. The minimum Gasteiger partial charge on any atom is -0.303 e. The van der Waals surface area contributed by atoms with Crippen molar-refractivity contribution < 1.29 is 4.79 Å². The van der Waals surface area contributed by atoms with Gasteiger partial charge in [-0.2, -0.15) is 0 Å². The lowest BCUT2D eigenvalue weighted by atomic mass is 10.1. The SMILES string of the molecule is [N-]=[N+]=NC(C=O)c1ccc(Br)cc1. The van der Waals surface area contributed by atoms with E-state index in [1.54, 1.807) is 24.3 Å². The van der Waals surface area contributed by atoms with Gasteiger partial charge in [-0.25, -0.2) is 0 Å². The Morgan fingerprint density at radius 1 is 1.46 bits per heavy atom. The molecule has 0 saturated heterocycles. The van der Waals surface area contributed by atoms with E-state index in [4.69, 9.17) is 5.53 Å². The molecule has 1 aromatic rings. The Bertz CT molecular complexity index is 343. The first kappa shape index (κ1) is 9.77. The molecule has 4 nitrogen and oxygen atoms in total. The summed E-state index contributed by atoms with van der Waals surface area (Å²) < 4.78 is 0.918. The molecule has 0 bridgehead atoms. The highest BCUT2D eigenvalue weighted by atomic mass is 79.9. The number of hydrogen-bond donors (Lipinski definition) is 0. The second-order valence-electron chi connectivity index (χ2n) is 2.34. The number of nitrogens with zero attached hydrogens (tertiary/aromatic N) is 3. The van der Waals surface area contributed by atoms with Crippen LogP contribution in [0.15, 0.2) is 33.9 Å². The largest absolute Gasteiger partial charge is 0.303 e. The molecule has 5 heteroatoms. The van der Waals surface area contributed by atoms with Crippen molar-refractivity contribution in [3.8, 4) is 0 Å². The van der Waals surface area contributed by atoms with Crippen molar-refractivity contribution in [1.29, 1.82) is 0 Å². The molecule has 0 saturated carbocycles. The third kappa shape index (κ3) is 2.57. The number of azide groups is 1. The van der Waals surface area contributed by atoms with Crippen molar-refractivity contribution in [1.82, 2.24) is 0 Å². The highest BCUT2D eigenvalue weighted by molar-refractivity contribution is 9.10. The summed E-state index contributed by atoms with van der Waals surface area (Å²) in [5.74, 6) is 0.